The molecule has 0 spiro atoms. The molecule has 1 aromatic carbocycles. The lowest BCUT2D eigenvalue weighted by atomic mass is 10.2. The fraction of sp³-hybridized carbons (Fsp3) is 0.0769. The molecule has 0 fully saturated rings. The summed E-state index contributed by atoms with van der Waals surface area (Å²) >= 11 is 0. The molecule has 0 radical (unpaired) electrons. The molecule has 5 heteroatoms. The van der Waals surface area contributed by atoms with Gasteiger partial charge in [-0.25, -0.2) is 5.43 Å². The molecule has 1 N–H and O–H groups in total. The Morgan fingerprint density at radius 2 is 2.33 bits per heavy atom. The minimum atomic E-state index is -0.298. The van der Waals surface area contributed by atoms with Crippen LogP contribution in [0.5, 0.6) is 5.75 Å². The summed E-state index contributed by atoms with van der Waals surface area (Å²) in [4.78, 5) is 11.7. The van der Waals surface area contributed by atoms with Crippen LogP contribution in [0, 0.1) is 0 Å². The van der Waals surface area contributed by atoms with Crippen LogP contribution in [-0.4, -0.2) is 19.2 Å². The molecule has 2 rings (SSSR count). The zero-order chi connectivity index (χ0) is 12.8. The fourth-order valence-corrected chi connectivity index (χ4v) is 1.34. The third kappa shape index (κ3) is 2.98. The Kier molecular flexibility index (Phi) is 3.76. The van der Waals surface area contributed by atoms with E-state index in [2.05, 4.69) is 10.5 Å². The quantitative estimate of drug-likeness (QED) is 0.661. The summed E-state index contributed by atoms with van der Waals surface area (Å²) in [5.41, 5.74) is 3.69. The van der Waals surface area contributed by atoms with E-state index in [1.807, 2.05) is 0 Å². The number of carbonyl (C=O) groups excluding carboxylic acids is 1. The van der Waals surface area contributed by atoms with Crippen molar-refractivity contribution in [1.82, 2.24) is 5.43 Å². The average molecular weight is 244 g/mol. The topological polar surface area (TPSA) is 63.8 Å². The van der Waals surface area contributed by atoms with E-state index >= 15 is 0 Å². The summed E-state index contributed by atoms with van der Waals surface area (Å²) in [6, 6.07) is 8.58. The maximum absolute atomic E-state index is 11.7. The number of nitrogens with zero attached hydrogens (tertiary/aromatic N) is 1. The van der Waals surface area contributed by atoms with Crippen molar-refractivity contribution in [2.24, 2.45) is 5.10 Å². The molecule has 1 amide bonds. The van der Waals surface area contributed by atoms with Gasteiger partial charge in [-0.2, -0.15) is 5.10 Å². The zero-order valence-corrected chi connectivity index (χ0v) is 9.79. The maximum Gasteiger partial charge on any atom is 0.271 e. The van der Waals surface area contributed by atoms with E-state index in [4.69, 9.17) is 9.15 Å². The van der Waals surface area contributed by atoms with Crippen LogP contribution < -0.4 is 10.2 Å². The number of furan rings is 1. The van der Waals surface area contributed by atoms with E-state index in [0.717, 1.165) is 5.56 Å². The summed E-state index contributed by atoms with van der Waals surface area (Å²) < 4.78 is 9.90. The minimum absolute atomic E-state index is 0.298. The molecule has 0 aliphatic carbocycles. The van der Waals surface area contributed by atoms with Crippen molar-refractivity contribution < 1.29 is 13.9 Å². The van der Waals surface area contributed by atoms with Gasteiger partial charge >= 0.3 is 0 Å². The first-order chi connectivity index (χ1) is 8.79. The molecule has 5 nitrogen and oxygen atoms in total. The third-order valence-corrected chi connectivity index (χ3v) is 2.25. The molecule has 0 aliphatic rings. The van der Waals surface area contributed by atoms with E-state index in [9.17, 15) is 4.79 Å². The first kappa shape index (κ1) is 11.9. The van der Waals surface area contributed by atoms with Gasteiger partial charge in [0.25, 0.3) is 5.91 Å². The van der Waals surface area contributed by atoms with Crippen molar-refractivity contribution in [3.05, 3.63) is 54.0 Å². The number of methoxy groups -OCH3 is 1. The average Bonchev–Trinajstić information content (AvgIpc) is 2.92. The Bertz CT molecular complexity index is 547. The highest BCUT2D eigenvalue weighted by molar-refractivity contribution is 5.95. The normalized spacial score (nSPS) is 10.5. The van der Waals surface area contributed by atoms with Crippen LogP contribution in [-0.2, 0) is 0 Å². The summed E-state index contributed by atoms with van der Waals surface area (Å²) in [6.07, 6.45) is 4.56. The van der Waals surface area contributed by atoms with Crippen molar-refractivity contribution in [2.45, 2.75) is 0 Å². The van der Waals surface area contributed by atoms with E-state index < -0.39 is 0 Å². The zero-order valence-electron chi connectivity index (χ0n) is 9.79. The Labute approximate surface area is 104 Å². The van der Waals surface area contributed by atoms with Crippen LogP contribution in [0.2, 0.25) is 0 Å². The van der Waals surface area contributed by atoms with Gasteiger partial charge in [-0.15, -0.1) is 0 Å². The van der Waals surface area contributed by atoms with Crippen LogP contribution >= 0.6 is 0 Å². The van der Waals surface area contributed by atoms with Crippen molar-refractivity contribution in [3.63, 3.8) is 0 Å². The van der Waals surface area contributed by atoms with Gasteiger partial charge in [0.15, 0.2) is 0 Å². The molecule has 1 aromatic heterocycles. The Balaban J connectivity index is 1.99. The molecule has 0 bridgehead atoms. The Morgan fingerprint density at radius 1 is 1.44 bits per heavy atom. The van der Waals surface area contributed by atoms with E-state index in [0.29, 0.717) is 11.3 Å². The molecule has 0 aliphatic heterocycles. The van der Waals surface area contributed by atoms with E-state index in [1.54, 1.807) is 37.4 Å². The van der Waals surface area contributed by atoms with Gasteiger partial charge in [0, 0.05) is 11.1 Å². The lowest BCUT2D eigenvalue weighted by Crippen LogP contribution is -2.17. The first-order valence-electron chi connectivity index (χ1n) is 5.29. The molecular formula is C13H12N2O3. The lowest BCUT2D eigenvalue weighted by Gasteiger charge is -2.02. The second kappa shape index (κ2) is 5.67. The standard InChI is InChI=1S/C13H12N2O3/c1-17-12-4-2-3-11(7-12)13(16)15-14-8-10-5-6-18-9-10/h2-9H,1H3,(H,15,16)/b14-8+. The van der Waals surface area contributed by atoms with Crippen LogP contribution in [0.1, 0.15) is 15.9 Å². The van der Waals surface area contributed by atoms with Gasteiger partial charge in [-0.3, -0.25) is 4.79 Å². The van der Waals surface area contributed by atoms with Crippen LogP contribution in [0.25, 0.3) is 0 Å². The monoisotopic (exact) mass is 244 g/mol. The second-order valence-electron chi connectivity index (χ2n) is 3.49. The molecule has 2 aromatic rings. The first-order valence-corrected chi connectivity index (χ1v) is 5.29. The highest BCUT2D eigenvalue weighted by Gasteiger charge is 2.04. The highest BCUT2D eigenvalue weighted by Crippen LogP contribution is 2.12. The summed E-state index contributed by atoms with van der Waals surface area (Å²) in [6.45, 7) is 0. The van der Waals surface area contributed by atoms with Gasteiger partial charge < -0.3 is 9.15 Å². The minimum Gasteiger partial charge on any atom is -0.497 e. The van der Waals surface area contributed by atoms with Crippen molar-refractivity contribution in [3.8, 4) is 5.75 Å². The number of hydrogen-bond acceptors (Lipinski definition) is 4. The number of ether oxygens (including phenoxy) is 1. The summed E-state index contributed by atoms with van der Waals surface area (Å²) in [5, 5.41) is 3.82. The smallest absolute Gasteiger partial charge is 0.271 e. The lowest BCUT2D eigenvalue weighted by molar-refractivity contribution is 0.0955. The molecule has 18 heavy (non-hydrogen) atoms. The van der Waals surface area contributed by atoms with Gasteiger partial charge in [0.1, 0.15) is 5.75 Å². The molecule has 0 atom stereocenters. The van der Waals surface area contributed by atoms with Crippen molar-refractivity contribution in [2.75, 3.05) is 7.11 Å². The Morgan fingerprint density at radius 3 is 3.06 bits per heavy atom. The largest absolute Gasteiger partial charge is 0.497 e. The molecule has 92 valence electrons. The van der Waals surface area contributed by atoms with Gasteiger partial charge in [0.05, 0.1) is 25.9 Å². The molecule has 0 saturated carbocycles. The summed E-state index contributed by atoms with van der Waals surface area (Å²) in [5.74, 6) is 0.329. The molecule has 0 unspecified atom stereocenters. The van der Waals surface area contributed by atoms with Crippen molar-refractivity contribution >= 4 is 12.1 Å². The van der Waals surface area contributed by atoms with Gasteiger partial charge in [0.2, 0.25) is 0 Å². The number of hydrazone groups is 1. The molecular weight excluding hydrogens is 232 g/mol. The second-order valence-corrected chi connectivity index (χ2v) is 3.49. The van der Waals surface area contributed by atoms with E-state index in [-0.39, 0.29) is 5.91 Å². The number of carbonyl (C=O) groups is 1. The fourth-order valence-electron chi connectivity index (χ4n) is 1.34. The van der Waals surface area contributed by atoms with Crippen molar-refractivity contribution in [1.29, 1.82) is 0 Å². The number of hydrogen-bond donors (Lipinski definition) is 1. The third-order valence-electron chi connectivity index (χ3n) is 2.25. The van der Waals surface area contributed by atoms with Gasteiger partial charge in [-0.05, 0) is 24.3 Å². The maximum atomic E-state index is 11.7. The molecule has 0 saturated heterocycles. The predicted molar refractivity (Wildman–Crippen MR) is 66.8 cm³/mol. The van der Waals surface area contributed by atoms with Crippen LogP contribution in [0.15, 0.2) is 52.4 Å². The van der Waals surface area contributed by atoms with Crippen LogP contribution in [0.4, 0.5) is 0 Å². The molecule has 1 heterocycles. The highest BCUT2D eigenvalue weighted by atomic mass is 16.5. The SMILES string of the molecule is COc1cccc(C(=O)N/N=C/c2ccoc2)c1. The van der Waals surface area contributed by atoms with Gasteiger partial charge in [-0.1, -0.05) is 6.07 Å². The number of benzene rings is 1. The number of rotatable bonds is 4. The number of amides is 1. The Hall–Kier alpha value is -2.56. The number of nitrogens with one attached hydrogen (secondary N) is 1. The summed E-state index contributed by atoms with van der Waals surface area (Å²) in [7, 11) is 1.55. The predicted octanol–water partition coefficient (Wildman–Crippen LogP) is 2.05. The van der Waals surface area contributed by atoms with Crippen LogP contribution in [0.3, 0.4) is 0 Å². The van der Waals surface area contributed by atoms with E-state index in [1.165, 1.54) is 18.7 Å².